The minimum absolute atomic E-state index is 0. The van der Waals surface area contributed by atoms with Gasteiger partial charge in [-0.05, 0) is 38.5 Å². The first-order chi connectivity index (χ1) is 10.8. The normalized spacial score (nSPS) is 11.5. The Hall–Kier alpha value is -0.730. The lowest BCUT2D eigenvalue weighted by molar-refractivity contribution is -0.128. The summed E-state index contributed by atoms with van der Waals surface area (Å²) in [4.78, 5) is 16.3. The van der Waals surface area contributed by atoms with Gasteiger partial charge in [0.25, 0.3) is 0 Å². The van der Waals surface area contributed by atoms with E-state index in [4.69, 9.17) is 23.2 Å². The number of rotatable bonds is 6. The van der Waals surface area contributed by atoms with Crippen LogP contribution in [0.25, 0.3) is 0 Å². The van der Waals surface area contributed by atoms with Gasteiger partial charge in [0.1, 0.15) is 0 Å². The van der Waals surface area contributed by atoms with Crippen molar-refractivity contribution in [2.24, 2.45) is 10.4 Å². The third-order valence-corrected chi connectivity index (χ3v) is 3.89. The third kappa shape index (κ3) is 7.44. The smallest absolute Gasteiger partial charge is 0.227 e. The summed E-state index contributed by atoms with van der Waals surface area (Å²) in [5.41, 5.74) is 0.349. The number of hydrogen-bond donors (Lipinski definition) is 3. The maximum Gasteiger partial charge on any atom is 0.227 e. The fraction of sp³-hybridized carbons (Fsp3) is 0.500. The number of benzene rings is 1. The van der Waals surface area contributed by atoms with Gasteiger partial charge in [-0.25, -0.2) is 4.99 Å². The van der Waals surface area contributed by atoms with Crippen molar-refractivity contribution >= 4 is 59.0 Å². The molecule has 0 bridgehead atoms. The lowest BCUT2D eigenvalue weighted by Crippen LogP contribution is -2.47. The number of aliphatic imine (C=N–C) groups is 1. The molecule has 0 atom stereocenters. The van der Waals surface area contributed by atoms with Crippen LogP contribution in [0, 0.1) is 5.41 Å². The molecular weight excluding hydrogens is 462 g/mol. The zero-order valence-electron chi connectivity index (χ0n) is 14.4. The van der Waals surface area contributed by atoms with Crippen molar-refractivity contribution in [2.45, 2.75) is 27.3 Å². The Morgan fingerprint density at radius 3 is 2.46 bits per heavy atom. The number of carbonyl (C=O) groups excluding carboxylic acids is 1. The number of nitrogens with zero attached hydrogens (tertiary/aromatic N) is 1. The molecule has 3 N–H and O–H groups in total. The molecule has 5 nitrogen and oxygen atoms in total. The van der Waals surface area contributed by atoms with E-state index in [1.54, 1.807) is 19.2 Å². The molecule has 1 aromatic rings. The van der Waals surface area contributed by atoms with Crippen LogP contribution >= 0.6 is 47.2 Å². The number of guanidine groups is 1. The van der Waals surface area contributed by atoms with E-state index in [1.807, 2.05) is 26.8 Å². The average Bonchev–Trinajstić information content (AvgIpc) is 2.50. The molecular formula is C16H25Cl2IN4O. The van der Waals surface area contributed by atoms with Crippen LogP contribution in [0.1, 0.15) is 26.3 Å². The monoisotopic (exact) mass is 486 g/mol. The highest BCUT2D eigenvalue weighted by Gasteiger charge is 2.26. The van der Waals surface area contributed by atoms with Crippen LogP contribution in [0.15, 0.2) is 23.2 Å². The summed E-state index contributed by atoms with van der Waals surface area (Å²) in [6.07, 6.45) is 0. The second-order valence-electron chi connectivity index (χ2n) is 5.75. The van der Waals surface area contributed by atoms with Crippen LogP contribution in [0.3, 0.4) is 0 Å². The molecule has 0 radical (unpaired) electrons. The van der Waals surface area contributed by atoms with Gasteiger partial charge in [0, 0.05) is 30.2 Å². The van der Waals surface area contributed by atoms with Crippen LogP contribution < -0.4 is 16.0 Å². The van der Waals surface area contributed by atoms with Gasteiger partial charge in [-0.3, -0.25) is 4.79 Å². The van der Waals surface area contributed by atoms with Crippen LogP contribution in [-0.2, 0) is 11.3 Å². The Bertz CT molecular complexity index is 579. The van der Waals surface area contributed by atoms with E-state index >= 15 is 0 Å². The zero-order valence-corrected chi connectivity index (χ0v) is 18.2. The van der Waals surface area contributed by atoms with E-state index in [1.165, 1.54) is 0 Å². The lowest BCUT2D eigenvalue weighted by atomic mass is 9.92. The molecule has 8 heteroatoms. The topological polar surface area (TPSA) is 65.5 Å². The molecule has 0 fully saturated rings. The first kappa shape index (κ1) is 23.3. The van der Waals surface area contributed by atoms with Crippen molar-refractivity contribution in [1.82, 2.24) is 16.0 Å². The van der Waals surface area contributed by atoms with Gasteiger partial charge in [-0.15, -0.1) is 24.0 Å². The fourth-order valence-electron chi connectivity index (χ4n) is 1.88. The van der Waals surface area contributed by atoms with E-state index in [2.05, 4.69) is 20.9 Å². The van der Waals surface area contributed by atoms with Crippen LogP contribution in [0.4, 0.5) is 0 Å². The molecule has 24 heavy (non-hydrogen) atoms. The molecule has 1 aromatic carbocycles. The molecule has 0 aliphatic rings. The highest BCUT2D eigenvalue weighted by atomic mass is 127. The average molecular weight is 487 g/mol. The van der Waals surface area contributed by atoms with Gasteiger partial charge < -0.3 is 16.0 Å². The van der Waals surface area contributed by atoms with Gasteiger partial charge >= 0.3 is 0 Å². The van der Waals surface area contributed by atoms with Crippen molar-refractivity contribution in [1.29, 1.82) is 0 Å². The molecule has 0 aliphatic carbocycles. The molecule has 0 unspecified atom stereocenters. The molecule has 136 valence electrons. The molecule has 0 saturated heterocycles. The van der Waals surface area contributed by atoms with Crippen molar-refractivity contribution in [3.8, 4) is 0 Å². The van der Waals surface area contributed by atoms with Gasteiger partial charge in [0.15, 0.2) is 5.96 Å². The number of amides is 1. The minimum Gasteiger partial charge on any atom is -0.359 e. The first-order valence-electron chi connectivity index (χ1n) is 7.48. The van der Waals surface area contributed by atoms with Crippen molar-refractivity contribution < 1.29 is 4.79 Å². The van der Waals surface area contributed by atoms with E-state index in [9.17, 15) is 4.79 Å². The molecule has 0 aliphatic heterocycles. The van der Waals surface area contributed by atoms with Gasteiger partial charge in [0.05, 0.1) is 12.0 Å². The quantitative estimate of drug-likeness (QED) is 0.328. The van der Waals surface area contributed by atoms with E-state index in [0.717, 1.165) is 12.1 Å². The summed E-state index contributed by atoms with van der Waals surface area (Å²) >= 11 is 12.0. The predicted octanol–water partition coefficient (Wildman–Crippen LogP) is 3.44. The van der Waals surface area contributed by atoms with Crippen molar-refractivity contribution in [3.05, 3.63) is 33.8 Å². The summed E-state index contributed by atoms with van der Waals surface area (Å²) in [5.74, 6) is 0.608. The lowest BCUT2D eigenvalue weighted by Gasteiger charge is -2.24. The van der Waals surface area contributed by atoms with Gasteiger partial charge in [-0.2, -0.15) is 0 Å². The zero-order chi connectivity index (χ0) is 17.5. The SMILES string of the molecule is CCNC(=NCc1ccc(Cl)cc1Cl)NCC(C)(C)C(=O)NC.I. The molecule has 0 heterocycles. The standard InChI is InChI=1S/C16H24Cl2N4O.HI/c1-5-20-15(22-10-16(2,3)14(23)19-4)21-9-11-6-7-12(17)8-13(11)18;/h6-8H,5,9-10H2,1-4H3,(H,19,23)(H2,20,21,22);1H. The fourth-order valence-corrected chi connectivity index (χ4v) is 2.35. The highest BCUT2D eigenvalue weighted by Crippen LogP contribution is 2.21. The number of carbonyl (C=O) groups is 1. The largest absolute Gasteiger partial charge is 0.359 e. The Kier molecular flexibility index (Phi) is 10.7. The summed E-state index contributed by atoms with van der Waals surface area (Å²) in [6.45, 7) is 7.34. The predicted molar refractivity (Wildman–Crippen MR) is 113 cm³/mol. The van der Waals surface area contributed by atoms with Crippen LogP contribution in [0.2, 0.25) is 10.0 Å². The number of nitrogens with one attached hydrogen (secondary N) is 3. The molecule has 1 amide bonds. The van der Waals surface area contributed by atoms with Gasteiger partial charge in [-0.1, -0.05) is 29.3 Å². The third-order valence-electron chi connectivity index (χ3n) is 3.31. The summed E-state index contributed by atoms with van der Waals surface area (Å²) in [5, 5.41) is 10.2. The van der Waals surface area contributed by atoms with Crippen LogP contribution in [0.5, 0.6) is 0 Å². The highest BCUT2D eigenvalue weighted by molar-refractivity contribution is 14.0. The van der Waals surface area contributed by atoms with Crippen molar-refractivity contribution in [3.63, 3.8) is 0 Å². The van der Waals surface area contributed by atoms with Gasteiger partial charge in [0.2, 0.25) is 5.91 Å². The minimum atomic E-state index is -0.539. The Morgan fingerprint density at radius 1 is 1.25 bits per heavy atom. The maximum atomic E-state index is 11.8. The second-order valence-corrected chi connectivity index (χ2v) is 6.59. The second kappa shape index (κ2) is 11.0. The first-order valence-corrected chi connectivity index (χ1v) is 8.24. The van der Waals surface area contributed by atoms with Crippen LogP contribution in [-0.4, -0.2) is 32.0 Å². The number of hydrogen-bond acceptors (Lipinski definition) is 2. The molecule has 0 spiro atoms. The Balaban J connectivity index is 0.00000529. The summed E-state index contributed by atoms with van der Waals surface area (Å²) in [7, 11) is 1.63. The van der Waals surface area contributed by atoms with E-state index < -0.39 is 5.41 Å². The summed E-state index contributed by atoms with van der Waals surface area (Å²) < 4.78 is 0. The van der Waals surface area contributed by atoms with Crippen molar-refractivity contribution in [2.75, 3.05) is 20.1 Å². The molecule has 0 saturated carbocycles. The van der Waals surface area contributed by atoms with E-state index in [0.29, 0.717) is 29.1 Å². The molecule has 0 aromatic heterocycles. The maximum absolute atomic E-state index is 11.8. The number of halogens is 3. The Morgan fingerprint density at radius 2 is 1.92 bits per heavy atom. The van der Waals surface area contributed by atoms with E-state index in [-0.39, 0.29) is 29.9 Å². The molecule has 1 rings (SSSR count). The Labute approximate surface area is 171 Å². The summed E-state index contributed by atoms with van der Waals surface area (Å²) in [6, 6.07) is 5.34.